The molecule has 2 nitrogen and oxygen atoms in total. The predicted molar refractivity (Wildman–Crippen MR) is 67.8 cm³/mol. The van der Waals surface area contributed by atoms with E-state index in [2.05, 4.69) is 5.32 Å². The summed E-state index contributed by atoms with van der Waals surface area (Å²) in [7, 11) is 1.66. The van der Waals surface area contributed by atoms with Crippen molar-refractivity contribution in [1.82, 2.24) is 5.32 Å². The Morgan fingerprint density at radius 1 is 1.22 bits per heavy atom. The largest absolute Gasteiger partial charge is 0.418 e. The highest BCUT2D eigenvalue weighted by atomic mass is 19.4. The molecule has 0 saturated carbocycles. The van der Waals surface area contributed by atoms with Gasteiger partial charge >= 0.3 is 6.18 Å². The van der Waals surface area contributed by atoms with Crippen molar-refractivity contribution >= 4 is 5.69 Å². The maximum absolute atomic E-state index is 13.0. The topological polar surface area (TPSA) is 15.3 Å². The van der Waals surface area contributed by atoms with Crippen LogP contribution >= 0.6 is 0 Å². The summed E-state index contributed by atoms with van der Waals surface area (Å²) in [5, 5.41) is 3.02. The zero-order valence-corrected chi connectivity index (χ0v) is 10.9. The molecule has 0 aliphatic heterocycles. The molecule has 0 heterocycles. The SMILES string of the molecule is CCNCc1ccc(N(C)CC)c(C(F)(F)F)c1. The predicted octanol–water partition coefficient (Wildman–Crippen LogP) is 3.27. The minimum Gasteiger partial charge on any atom is -0.374 e. The lowest BCUT2D eigenvalue weighted by atomic mass is 10.1. The third kappa shape index (κ3) is 3.63. The summed E-state index contributed by atoms with van der Waals surface area (Å²) in [4.78, 5) is 1.60. The first kappa shape index (κ1) is 14.8. The van der Waals surface area contributed by atoms with Crippen LogP contribution in [0.3, 0.4) is 0 Å². The molecule has 0 saturated heterocycles. The molecule has 0 aromatic heterocycles. The molecule has 0 radical (unpaired) electrons. The van der Waals surface area contributed by atoms with Gasteiger partial charge in [-0.1, -0.05) is 13.0 Å². The smallest absolute Gasteiger partial charge is 0.374 e. The highest BCUT2D eigenvalue weighted by Gasteiger charge is 2.34. The van der Waals surface area contributed by atoms with Crippen LogP contribution in [0.2, 0.25) is 0 Å². The number of hydrogen-bond donors (Lipinski definition) is 1. The molecule has 0 fully saturated rings. The fourth-order valence-corrected chi connectivity index (χ4v) is 1.69. The van der Waals surface area contributed by atoms with Crippen LogP contribution < -0.4 is 10.2 Å². The summed E-state index contributed by atoms with van der Waals surface area (Å²) < 4.78 is 39.0. The normalized spacial score (nSPS) is 11.7. The van der Waals surface area contributed by atoms with E-state index in [1.807, 2.05) is 13.8 Å². The molecule has 0 amide bonds. The van der Waals surface area contributed by atoms with Crippen molar-refractivity contribution in [2.24, 2.45) is 0 Å². The van der Waals surface area contributed by atoms with Gasteiger partial charge in [0.2, 0.25) is 0 Å². The van der Waals surface area contributed by atoms with E-state index >= 15 is 0 Å². The Hall–Kier alpha value is -1.23. The van der Waals surface area contributed by atoms with Crippen LogP contribution in [-0.2, 0) is 12.7 Å². The Morgan fingerprint density at radius 3 is 2.39 bits per heavy atom. The van der Waals surface area contributed by atoms with Crippen molar-refractivity contribution in [2.75, 3.05) is 25.0 Å². The number of alkyl halides is 3. The van der Waals surface area contributed by atoms with Gasteiger partial charge in [-0.3, -0.25) is 0 Å². The van der Waals surface area contributed by atoms with Gasteiger partial charge in [-0.05, 0) is 31.2 Å². The molecule has 0 unspecified atom stereocenters. The molecule has 1 rings (SSSR count). The molecule has 18 heavy (non-hydrogen) atoms. The number of nitrogens with zero attached hydrogens (tertiary/aromatic N) is 1. The quantitative estimate of drug-likeness (QED) is 0.874. The molecular weight excluding hydrogens is 241 g/mol. The lowest BCUT2D eigenvalue weighted by molar-refractivity contribution is -0.137. The van der Waals surface area contributed by atoms with Crippen molar-refractivity contribution in [3.8, 4) is 0 Å². The average molecular weight is 260 g/mol. The maximum Gasteiger partial charge on any atom is 0.418 e. The van der Waals surface area contributed by atoms with Crippen LogP contribution in [0.4, 0.5) is 18.9 Å². The third-order valence-corrected chi connectivity index (χ3v) is 2.83. The second kappa shape index (κ2) is 6.09. The van der Waals surface area contributed by atoms with E-state index in [1.54, 1.807) is 24.1 Å². The number of halogens is 3. The van der Waals surface area contributed by atoms with Gasteiger partial charge in [0.15, 0.2) is 0 Å². The van der Waals surface area contributed by atoms with Crippen LogP contribution in [0.15, 0.2) is 18.2 Å². The number of benzene rings is 1. The summed E-state index contributed by atoms with van der Waals surface area (Å²) >= 11 is 0. The van der Waals surface area contributed by atoms with Crippen LogP contribution in [-0.4, -0.2) is 20.1 Å². The third-order valence-electron chi connectivity index (χ3n) is 2.83. The summed E-state index contributed by atoms with van der Waals surface area (Å²) in [6, 6.07) is 4.50. The number of hydrogen-bond acceptors (Lipinski definition) is 2. The molecular formula is C13H19F3N2. The lowest BCUT2D eigenvalue weighted by Gasteiger charge is -2.22. The Bertz CT molecular complexity index is 388. The Labute approximate surface area is 106 Å². The molecule has 5 heteroatoms. The van der Waals surface area contributed by atoms with Crippen LogP contribution in [0, 0.1) is 0 Å². The average Bonchev–Trinajstić information content (AvgIpc) is 2.34. The van der Waals surface area contributed by atoms with Gasteiger partial charge in [-0.15, -0.1) is 0 Å². The van der Waals surface area contributed by atoms with E-state index in [4.69, 9.17) is 0 Å². The zero-order valence-electron chi connectivity index (χ0n) is 10.9. The van der Waals surface area contributed by atoms with E-state index < -0.39 is 11.7 Å². The highest BCUT2D eigenvalue weighted by molar-refractivity contribution is 5.55. The first-order chi connectivity index (χ1) is 8.40. The van der Waals surface area contributed by atoms with Crippen molar-refractivity contribution in [3.63, 3.8) is 0 Å². The number of anilines is 1. The molecule has 0 bridgehead atoms. The van der Waals surface area contributed by atoms with Crippen LogP contribution in [0.5, 0.6) is 0 Å². The van der Waals surface area contributed by atoms with Gasteiger partial charge in [0.1, 0.15) is 0 Å². The molecule has 1 N–H and O–H groups in total. The van der Waals surface area contributed by atoms with E-state index in [0.717, 1.165) is 6.54 Å². The summed E-state index contributed by atoms with van der Waals surface area (Å²) in [5.41, 5.74) is 0.310. The number of rotatable bonds is 5. The molecule has 1 aromatic carbocycles. The van der Waals surface area contributed by atoms with E-state index in [1.165, 1.54) is 6.07 Å². The maximum atomic E-state index is 13.0. The van der Waals surface area contributed by atoms with Gasteiger partial charge in [-0.25, -0.2) is 0 Å². The van der Waals surface area contributed by atoms with E-state index in [-0.39, 0.29) is 5.69 Å². The van der Waals surface area contributed by atoms with Crippen LogP contribution in [0.1, 0.15) is 25.0 Å². The monoisotopic (exact) mass is 260 g/mol. The van der Waals surface area contributed by atoms with Gasteiger partial charge < -0.3 is 10.2 Å². The van der Waals surface area contributed by atoms with E-state index in [9.17, 15) is 13.2 Å². The van der Waals surface area contributed by atoms with Gasteiger partial charge in [0, 0.05) is 25.8 Å². The highest BCUT2D eigenvalue weighted by Crippen LogP contribution is 2.36. The Balaban J connectivity index is 3.13. The standard InChI is InChI=1S/C13H19F3N2/c1-4-17-9-10-6-7-12(18(3)5-2)11(8-10)13(14,15)16/h6-8,17H,4-5,9H2,1-3H3. The van der Waals surface area contributed by atoms with Gasteiger partial charge in [0.25, 0.3) is 0 Å². The first-order valence-corrected chi connectivity index (χ1v) is 6.02. The summed E-state index contributed by atoms with van der Waals surface area (Å²) in [6.07, 6.45) is -4.32. The zero-order chi connectivity index (χ0) is 13.8. The second-order valence-corrected chi connectivity index (χ2v) is 4.14. The molecule has 1 aromatic rings. The molecule has 102 valence electrons. The molecule has 0 spiro atoms. The minimum absolute atomic E-state index is 0.227. The summed E-state index contributed by atoms with van der Waals surface area (Å²) in [6.45, 7) is 5.47. The fraction of sp³-hybridized carbons (Fsp3) is 0.538. The van der Waals surface area contributed by atoms with Crippen molar-refractivity contribution in [1.29, 1.82) is 0 Å². The van der Waals surface area contributed by atoms with Gasteiger partial charge in [-0.2, -0.15) is 13.2 Å². The van der Waals surface area contributed by atoms with Gasteiger partial charge in [0.05, 0.1) is 5.56 Å². The summed E-state index contributed by atoms with van der Waals surface area (Å²) in [5.74, 6) is 0. The van der Waals surface area contributed by atoms with Crippen molar-refractivity contribution in [3.05, 3.63) is 29.3 Å². The molecule has 0 aliphatic carbocycles. The minimum atomic E-state index is -4.32. The van der Waals surface area contributed by atoms with Crippen LogP contribution in [0.25, 0.3) is 0 Å². The first-order valence-electron chi connectivity index (χ1n) is 6.02. The van der Waals surface area contributed by atoms with E-state index in [0.29, 0.717) is 18.7 Å². The Morgan fingerprint density at radius 2 is 1.89 bits per heavy atom. The molecule has 0 atom stereocenters. The second-order valence-electron chi connectivity index (χ2n) is 4.14. The lowest BCUT2D eigenvalue weighted by Crippen LogP contribution is -2.21. The van der Waals surface area contributed by atoms with Crippen molar-refractivity contribution in [2.45, 2.75) is 26.6 Å². The van der Waals surface area contributed by atoms with Crippen molar-refractivity contribution < 1.29 is 13.2 Å². The Kier molecular flexibility index (Phi) is 5.02. The number of nitrogens with one attached hydrogen (secondary N) is 1. The fourth-order valence-electron chi connectivity index (χ4n) is 1.69. The molecule has 0 aliphatic rings.